The molecule has 0 saturated carbocycles. The van der Waals surface area contributed by atoms with Crippen molar-refractivity contribution >= 4 is 24.1 Å². The van der Waals surface area contributed by atoms with Gasteiger partial charge in [-0.2, -0.15) is 0 Å². The first-order chi connectivity index (χ1) is 9.99. The number of amides is 1. The van der Waals surface area contributed by atoms with Gasteiger partial charge in [-0.1, -0.05) is 19.1 Å². The van der Waals surface area contributed by atoms with E-state index in [4.69, 9.17) is 0 Å². The zero-order valence-electron chi connectivity index (χ0n) is 12.8. The number of ketones is 1. The molecule has 1 aliphatic heterocycles. The van der Waals surface area contributed by atoms with Crippen LogP contribution in [0, 0.1) is 11.7 Å². The SMILES string of the molecule is CC(CC(=O)N(C)C1CCNC1)C(=O)c1cccc(F)c1.Cl. The zero-order chi connectivity index (χ0) is 15.4. The van der Waals surface area contributed by atoms with E-state index >= 15 is 0 Å². The maximum atomic E-state index is 13.2. The summed E-state index contributed by atoms with van der Waals surface area (Å²) in [6.45, 7) is 3.43. The largest absolute Gasteiger partial charge is 0.341 e. The van der Waals surface area contributed by atoms with Crippen molar-refractivity contribution in [2.45, 2.75) is 25.8 Å². The van der Waals surface area contributed by atoms with Crippen LogP contribution in [0.4, 0.5) is 4.39 Å². The average molecular weight is 329 g/mol. The second-order valence-corrected chi connectivity index (χ2v) is 5.63. The molecule has 122 valence electrons. The van der Waals surface area contributed by atoms with Crippen molar-refractivity contribution in [1.29, 1.82) is 0 Å². The maximum absolute atomic E-state index is 13.2. The van der Waals surface area contributed by atoms with Crippen molar-refractivity contribution in [1.82, 2.24) is 10.2 Å². The lowest BCUT2D eigenvalue weighted by atomic mass is 9.95. The van der Waals surface area contributed by atoms with Gasteiger partial charge in [0.25, 0.3) is 0 Å². The molecule has 1 saturated heterocycles. The van der Waals surface area contributed by atoms with Crippen LogP contribution in [0.5, 0.6) is 0 Å². The Labute approximate surface area is 136 Å². The number of rotatable bonds is 5. The molecule has 1 aromatic rings. The fourth-order valence-corrected chi connectivity index (χ4v) is 2.60. The average Bonchev–Trinajstić information content (AvgIpc) is 2.99. The number of halogens is 2. The predicted molar refractivity (Wildman–Crippen MR) is 85.8 cm³/mol. The number of carbonyl (C=O) groups excluding carboxylic acids is 2. The highest BCUT2D eigenvalue weighted by Gasteiger charge is 2.26. The van der Waals surface area contributed by atoms with E-state index in [1.165, 1.54) is 18.2 Å². The molecule has 0 aromatic heterocycles. The predicted octanol–water partition coefficient (Wildman–Crippen LogP) is 2.28. The van der Waals surface area contributed by atoms with Crippen LogP contribution >= 0.6 is 12.4 Å². The van der Waals surface area contributed by atoms with Gasteiger partial charge in [0.05, 0.1) is 0 Å². The molecule has 4 nitrogen and oxygen atoms in total. The lowest BCUT2D eigenvalue weighted by molar-refractivity contribution is -0.132. The van der Waals surface area contributed by atoms with Gasteiger partial charge < -0.3 is 10.2 Å². The van der Waals surface area contributed by atoms with Gasteiger partial charge in [-0.3, -0.25) is 9.59 Å². The van der Waals surface area contributed by atoms with Crippen LogP contribution in [-0.2, 0) is 4.79 Å². The van der Waals surface area contributed by atoms with Crippen LogP contribution in [0.1, 0.15) is 30.1 Å². The van der Waals surface area contributed by atoms with Gasteiger partial charge in [-0.25, -0.2) is 4.39 Å². The number of Topliss-reactive ketones (excluding diaryl/α,β-unsaturated/α-hetero) is 1. The monoisotopic (exact) mass is 328 g/mol. The Morgan fingerprint density at radius 1 is 1.45 bits per heavy atom. The third-order valence-corrected chi connectivity index (χ3v) is 4.01. The Hall–Kier alpha value is -1.46. The fraction of sp³-hybridized carbons (Fsp3) is 0.500. The molecule has 2 rings (SSSR count). The molecule has 0 aliphatic carbocycles. The number of likely N-dealkylation sites (N-methyl/N-ethyl adjacent to an activating group) is 1. The molecule has 2 unspecified atom stereocenters. The first-order valence-corrected chi connectivity index (χ1v) is 7.25. The smallest absolute Gasteiger partial charge is 0.223 e. The highest BCUT2D eigenvalue weighted by atomic mass is 35.5. The Morgan fingerprint density at radius 2 is 2.18 bits per heavy atom. The lowest BCUT2D eigenvalue weighted by Crippen LogP contribution is -2.39. The highest BCUT2D eigenvalue weighted by Crippen LogP contribution is 2.16. The van der Waals surface area contributed by atoms with Gasteiger partial charge in [0.1, 0.15) is 5.82 Å². The van der Waals surface area contributed by atoms with Gasteiger partial charge in [0.15, 0.2) is 5.78 Å². The van der Waals surface area contributed by atoms with Crippen molar-refractivity contribution in [3.8, 4) is 0 Å². The van der Waals surface area contributed by atoms with E-state index in [9.17, 15) is 14.0 Å². The Bertz CT molecular complexity index is 533. The molecule has 22 heavy (non-hydrogen) atoms. The molecular weight excluding hydrogens is 307 g/mol. The summed E-state index contributed by atoms with van der Waals surface area (Å²) in [6, 6.07) is 5.81. The summed E-state index contributed by atoms with van der Waals surface area (Å²) in [6.07, 6.45) is 1.09. The summed E-state index contributed by atoms with van der Waals surface area (Å²) < 4.78 is 13.2. The number of carbonyl (C=O) groups is 2. The number of benzene rings is 1. The molecule has 0 spiro atoms. The minimum absolute atomic E-state index is 0. The van der Waals surface area contributed by atoms with Crippen molar-refractivity contribution in [3.05, 3.63) is 35.6 Å². The van der Waals surface area contributed by atoms with E-state index in [1.807, 2.05) is 0 Å². The van der Waals surface area contributed by atoms with E-state index in [0.717, 1.165) is 19.5 Å². The molecule has 1 fully saturated rings. The van der Waals surface area contributed by atoms with Crippen LogP contribution in [0.15, 0.2) is 24.3 Å². The first-order valence-electron chi connectivity index (χ1n) is 7.25. The summed E-state index contributed by atoms with van der Waals surface area (Å²) in [5.74, 6) is -1.12. The van der Waals surface area contributed by atoms with Crippen molar-refractivity contribution < 1.29 is 14.0 Å². The molecule has 1 aromatic carbocycles. The third kappa shape index (κ3) is 4.52. The van der Waals surface area contributed by atoms with E-state index in [2.05, 4.69) is 5.32 Å². The molecule has 1 heterocycles. The van der Waals surface area contributed by atoms with Crippen LogP contribution in [-0.4, -0.2) is 42.8 Å². The first kappa shape index (κ1) is 18.6. The summed E-state index contributed by atoms with van der Waals surface area (Å²) in [5.41, 5.74) is 0.320. The van der Waals surface area contributed by atoms with Crippen LogP contribution < -0.4 is 5.32 Å². The quantitative estimate of drug-likeness (QED) is 0.844. The Morgan fingerprint density at radius 3 is 2.77 bits per heavy atom. The summed E-state index contributed by atoms with van der Waals surface area (Å²) in [7, 11) is 1.78. The third-order valence-electron chi connectivity index (χ3n) is 4.01. The Kier molecular flexibility index (Phi) is 6.97. The van der Waals surface area contributed by atoms with Crippen LogP contribution in [0.25, 0.3) is 0 Å². The molecular formula is C16H22ClFN2O2. The molecule has 1 amide bonds. The van der Waals surface area contributed by atoms with Crippen molar-refractivity contribution in [2.75, 3.05) is 20.1 Å². The van der Waals surface area contributed by atoms with Crippen molar-refractivity contribution in [2.24, 2.45) is 5.92 Å². The second-order valence-electron chi connectivity index (χ2n) is 5.63. The van der Waals surface area contributed by atoms with Crippen LogP contribution in [0.2, 0.25) is 0 Å². The molecule has 0 bridgehead atoms. The topological polar surface area (TPSA) is 49.4 Å². The Balaban J connectivity index is 0.00000242. The minimum atomic E-state index is -0.448. The fourth-order valence-electron chi connectivity index (χ4n) is 2.60. The summed E-state index contributed by atoms with van der Waals surface area (Å²) >= 11 is 0. The van der Waals surface area contributed by atoms with E-state index in [1.54, 1.807) is 24.9 Å². The normalized spacial score (nSPS) is 18.4. The van der Waals surface area contributed by atoms with Crippen molar-refractivity contribution in [3.63, 3.8) is 0 Å². The lowest BCUT2D eigenvalue weighted by Gasteiger charge is -2.25. The highest BCUT2D eigenvalue weighted by molar-refractivity contribution is 5.99. The minimum Gasteiger partial charge on any atom is -0.341 e. The van der Waals surface area contributed by atoms with E-state index in [0.29, 0.717) is 5.56 Å². The standard InChI is InChI=1S/C16H21FN2O2.ClH/c1-11(16(21)12-4-3-5-13(17)9-12)8-15(20)19(2)14-6-7-18-10-14;/h3-5,9,11,14,18H,6-8,10H2,1-2H3;1H. The number of hydrogen-bond acceptors (Lipinski definition) is 3. The molecule has 1 N–H and O–H groups in total. The number of nitrogens with zero attached hydrogens (tertiary/aromatic N) is 1. The van der Waals surface area contributed by atoms with Gasteiger partial charge in [0.2, 0.25) is 5.91 Å². The van der Waals surface area contributed by atoms with E-state index < -0.39 is 11.7 Å². The number of nitrogens with one attached hydrogen (secondary N) is 1. The summed E-state index contributed by atoms with van der Waals surface area (Å²) in [4.78, 5) is 26.2. The van der Waals surface area contributed by atoms with Gasteiger partial charge in [0, 0.05) is 37.5 Å². The molecule has 2 atom stereocenters. The maximum Gasteiger partial charge on any atom is 0.223 e. The molecule has 6 heteroatoms. The molecule has 1 aliphatic rings. The number of hydrogen-bond donors (Lipinski definition) is 1. The van der Waals surface area contributed by atoms with E-state index in [-0.39, 0.29) is 36.6 Å². The second kappa shape index (κ2) is 8.25. The van der Waals surface area contributed by atoms with Gasteiger partial charge >= 0.3 is 0 Å². The van der Waals surface area contributed by atoms with Crippen LogP contribution in [0.3, 0.4) is 0 Å². The van der Waals surface area contributed by atoms with Gasteiger partial charge in [-0.05, 0) is 25.1 Å². The molecule has 0 radical (unpaired) electrons. The van der Waals surface area contributed by atoms with Gasteiger partial charge in [-0.15, -0.1) is 12.4 Å². The zero-order valence-corrected chi connectivity index (χ0v) is 13.7. The summed E-state index contributed by atoms with van der Waals surface area (Å²) in [5, 5.41) is 3.21.